The smallest absolute Gasteiger partial charge is 0.255 e. The molecule has 0 radical (unpaired) electrons. The topological polar surface area (TPSA) is 68.0 Å². The quantitative estimate of drug-likeness (QED) is 0.890. The molecule has 1 aromatic rings. The van der Waals surface area contributed by atoms with E-state index in [4.69, 9.17) is 5.73 Å². The highest BCUT2D eigenvalue weighted by atomic mass is 19.1. The van der Waals surface area contributed by atoms with Crippen LogP contribution < -0.4 is 11.1 Å². The fourth-order valence-corrected chi connectivity index (χ4v) is 2.81. The van der Waals surface area contributed by atoms with Crippen molar-refractivity contribution in [2.45, 2.75) is 39.0 Å². The summed E-state index contributed by atoms with van der Waals surface area (Å²) in [7, 11) is 0. The van der Waals surface area contributed by atoms with Gasteiger partial charge in [0.15, 0.2) is 0 Å². The Morgan fingerprint density at radius 2 is 2.05 bits per heavy atom. The number of pyridine rings is 1. The summed E-state index contributed by atoms with van der Waals surface area (Å²) < 4.78 is 13.1. The van der Waals surface area contributed by atoms with Crippen LogP contribution in [-0.2, 0) is 0 Å². The number of carbonyl (C=O) groups excluding carboxylic acids is 1. The summed E-state index contributed by atoms with van der Waals surface area (Å²) in [5.41, 5.74) is 5.71. The zero-order valence-electron chi connectivity index (χ0n) is 11.9. The standard InChI is InChI=1S/C15H22FN3O/c1-2-10-3-5-11(6-4-10)8-19-15(20)13-7-12(16)9-18-14(13)17/h7,9-11H,2-6,8H2,1H3,(H2,17,18)(H,19,20). The first kappa shape index (κ1) is 14.8. The predicted octanol–water partition coefficient (Wildman–Crippen LogP) is 2.75. The Hall–Kier alpha value is -1.65. The van der Waals surface area contributed by atoms with Gasteiger partial charge in [-0.15, -0.1) is 0 Å². The first-order valence-electron chi connectivity index (χ1n) is 7.29. The van der Waals surface area contributed by atoms with Gasteiger partial charge in [-0.05, 0) is 30.7 Å². The zero-order valence-corrected chi connectivity index (χ0v) is 11.9. The lowest BCUT2D eigenvalue weighted by Crippen LogP contribution is -2.32. The second kappa shape index (κ2) is 6.68. The number of amides is 1. The molecule has 20 heavy (non-hydrogen) atoms. The van der Waals surface area contributed by atoms with Gasteiger partial charge in [-0.2, -0.15) is 0 Å². The number of halogens is 1. The van der Waals surface area contributed by atoms with Gasteiger partial charge in [0.2, 0.25) is 0 Å². The molecule has 1 amide bonds. The molecule has 0 aromatic carbocycles. The minimum Gasteiger partial charge on any atom is -0.383 e. The van der Waals surface area contributed by atoms with E-state index in [2.05, 4.69) is 17.2 Å². The number of nitrogen functional groups attached to an aromatic ring is 1. The minimum atomic E-state index is -0.548. The van der Waals surface area contributed by atoms with E-state index in [0.717, 1.165) is 31.0 Å². The number of nitrogens with zero attached hydrogens (tertiary/aromatic N) is 1. The van der Waals surface area contributed by atoms with Gasteiger partial charge < -0.3 is 11.1 Å². The van der Waals surface area contributed by atoms with Crippen molar-refractivity contribution < 1.29 is 9.18 Å². The van der Waals surface area contributed by atoms with Crippen molar-refractivity contribution in [3.63, 3.8) is 0 Å². The molecule has 1 aliphatic rings. The number of aromatic nitrogens is 1. The molecular formula is C15H22FN3O. The van der Waals surface area contributed by atoms with Crippen LogP contribution >= 0.6 is 0 Å². The van der Waals surface area contributed by atoms with E-state index in [1.807, 2.05) is 0 Å². The highest BCUT2D eigenvalue weighted by Crippen LogP contribution is 2.30. The second-order valence-corrected chi connectivity index (χ2v) is 5.59. The molecule has 0 bridgehead atoms. The third-order valence-electron chi connectivity index (χ3n) is 4.22. The summed E-state index contributed by atoms with van der Waals surface area (Å²) in [6, 6.07) is 1.13. The van der Waals surface area contributed by atoms with Crippen molar-refractivity contribution in [2.24, 2.45) is 11.8 Å². The molecule has 1 fully saturated rings. The highest BCUT2D eigenvalue weighted by molar-refractivity contribution is 5.98. The van der Waals surface area contributed by atoms with Crippen molar-refractivity contribution >= 4 is 11.7 Å². The number of nitrogens with two attached hydrogens (primary N) is 1. The lowest BCUT2D eigenvalue weighted by Gasteiger charge is -2.27. The maximum absolute atomic E-state index is 13.1. The van der Waals surface area contributed by atoms with E-state index in [-0.39, 0.29) is 17.3 Å². The third-order valence-corrected chi connectivity index (χ3v) is 4.22. The van der Waals surface area contributed by atoms with Gasteiger partial charge in [-0.1, -0.05) is 26.2 Å². The molecule has 0 aliphatic heterocycles. The average Bonchev–Trinajstić information content (AvgIpc) is 2.47. The molecule has 1 aliphatic carbocycles. The van der Waals surface area contributed by atoms with E-state index in [1.54, 1.807) is 0 Å². The number of hydrogen-bond donors (Lipinski definition) is 2. The maximum atomic E-state index is 13.1. The molecule has 0 spiro atoms. The Morgan fingerprint density at radius 3 is 2.70 bits per heavy atom. The van der Waals surface area contributed by atoms with Gasteiger partial charge >= 0.3 is 0 Å². The van der Waals surface area contributed by atoms with E-state index in [1.165, 1.54) is 19.3 Å². The summed E-state index contributed by atoms with van der Waals surface area (Å²) in [4.78, 5) is 15.6. The van der Waals surface area contributed by atoms with E-state index < -0.39 is 5.82 Å². The Labute approximate surface area is 119 Å². The number of carbonyl (C=O) groups is 1. The Kier molecular flexibility index (Phi) is 4.93. The second-order valence-electron chi connectivity index (χ2n) is 5.59. The predicted molar refractivity (Wildman–Crippen MR) is 76.7 cm³/mol. The molecule has 1 aromatic heterocycles. The van der Waals surface area contributed by atoms with Crippen molar-refractivity contribution in [1.82, 2.24) is 10.3 Å². The van der Waals surface area contributed by atoms with Crippen LogP contribution in [-0.4, -0.2) is 17.4 Å². The Morgan fingerprint density at radius 1 is 1.40 bits per heavy atom. The SMILES string of the molecule is CCC1CCC(CNC(=O)c2cc(F)cnc2N)CC1. The zero-order chi connectivity index (χ0) is 14.5. The molecule has 1 heterocycles. The number of anilines is 1. The molecule has 3 N–H and O–H groups in total. The molecular weight excluding hydrogens is 257 g/mol. The molecule has 4 nitrogen and oxygen atoms in total. The Balaban J connectivity index is 1.85. The van der Waals surface area contributed by atoms with Gasteiger partial charge in [0.05, 0.1) is 11.8 Å². The lowest BCUT2D eigenvalue weighted by atomic mass is 9.81. The van der Waals surface area contributed by atoms with Crippen molar-refractivity contribution in [3.05, 3.63) is 23.6 Å². The number of hydrogen-bond acceptors (Lipinski definition) is 3. The van der Waals surface area contributed by atoms with Crippen molar-refractivity contribution in [3.8, 4) is 0 Å². The van der Waals surface area contributed by atoms with Gasteiger partial charge in [-0.25, -0.2) is 9.37 Å². The average molecular weight is 279 g/mol. The van der Waals surface area contributed by atoms with Crippen LogP contribution in [0.5, 0.6) is 0 Å². The van der Waals surface area contributed by atoms with E-state index in [0.29, 0.717) is 12.5 Å². The largest absolute Gasteiger partial charge is 0.383 e. The fraction of sp³-hybridized carbons (Fsp3) is 0.600. The first-order valence-corrected chi connectivity index (χ1v) is 7.29. The molecule has 0 atom stereocenters. The van der Waals surface area contributed by atoms with Gasteiger partial charge in [-0.3, -0.25) is 4.79 Å². The lowest BCUT2D eigenvalue weighted by molar-refractivity contribution is 0.0941. The number of nitrogens with one attached hydrogen (secondary N) is 1. The fourth-order valence-electron chi connectivity index (χ4n) is 2.81. The van der Waals surface area contributed by atoms with Crippen LogP contribution in [0.15, 0.2) is 12.3 Å². The normalized spacial score (nSPS) is 22.5. The van der Waals surface area contributed by atoms with Gasteiger partial charge in [0.25, 0.3) is 5.91 Å². The summed E-state index contributed by atoms with van der Waals surface area (Å²) in [6.45, 7) is 2.86. The van der Waals surface area contributed by atoms with Gasteiger partial charge in [0, 0.05) is 6.54 Å². The monoisotopic (exact) mass is 279 g/mol. The highest BCUT2D eigenvalue weighted by Gasteiger charge is 2.21. The summed E-state index contributed by atoms with van der Waals surface area (Å²) >= 11 is 0. The molecule has 5 heteroatoms. The number of rotatable bonds is 4. The Bertz CT molecular complexity index is 470. The molecule has 0 saturated heterocycles. The molecule has 0 unspecified atom stereocenters. The molecule has 2 rings (SSSR count). The van der Waals surface area contributed by atoms with Crippen LogP contribution in [0.25, 0.3) is 0 Å². The molecule has 1 saturated carbocycles. The summed E-state index contributed by atoms with van der Waals surface area (Å²) in [5, 5.41) is 2.84. The summed E-state index contributed by atoms with van der Waals surface area (Å²) in [6.07, 6.45) is 7.02. The van der Waals surface area contributed by atoms with Crippen LogP contribution in [0.4, 0.5) is 10.2 Å². The third kappa shape index (κ3) is 3.68. The van der Waals surface area contributed by atoms with Crippen LogP contribution in [0.1, 0.15) is 49.4 Å². The maximum Gasteiger partial charge on any atom is 0.255 e. The van der Waals surface area contributed by atoms with Crippen LogP contribution in [0.3, 0.4) is 0 Å². The van der Waals surface area contributed by atoms with Crippen LogP contribution in [0, 0.1) is 17.7 Å². The molecule has 110 valence electrons. The minimum absolute atomic E-state index is 0.0681. The van der Waals surface area contributed by atoms with E-state index >= 15 is 0 Å². The van der Waals surface area contributed by atoms with Crippen molar-refractivity contribution in [1.29, 1.82) is 0 Å². The van der Waals surface area contributed by atoms with Gasteiger partial charge in [0.1, 0.15) is 11.6 Å². The van der Waals surface area contributed by atoms with Crippen LogP contribution in [0.2, 0.25) is 0 Å². The first-order chi connectivity index (χ1) is 9.60. The van der Waals surface area contributed by atoms with E-state index in [9.17, 15) is 9.18 Å². The summed E-state index contributed by atoms with van der Waals surface area (Å²) in [5.74, 6) is 0.535. The van der Waals surface area contributed by atoms with Crippen molar-refractivity contribution in [2.75, 3.05) is 12.3 Å².